The Morgan fingerprint density at radius 2 is 1.86 bits per heavy atom. The van der Waals surface area contributed by atoms with Gasteiger partial charge < -0.3 is 14.7 Å². The molecule has 1 heterocycles. The fourth-order valence-corrected chi connectivity index (χ4v) is 4.76. The Bertz CT molecular complexity index is 1210. The van der Waals surface area contributed by atoms with Crippen LogP contribution in [-0.4, -0.2) is 74.4 Å². The van der Waals surface area contributed by atoms with Gasteiger partial charge in [-0.25, -0.2) is 8.42 Å². The van der Waals surface area contributed by atoms with Crippen molar-refractivity contribution in [1.82, 2.24) is 9.80 Å². The first-order valence-corrected chi connectivity index (χ1v) is 13.6. The summed E-state index contributed by atoms with van der Waals surface area (Å²) in [6.07, 6.45) is -3.80. The van der Waals surface area contributed by atoms with Crippen molar-refractivity contribution in [1.29, 1.82) is 0 Å². The Kier molecular flexibility index (Phi) is 8.76. The number of hydrogen-bond acceptors (Lipinski definition) is 6. The van der Waals surface area contributed by atoms with E-state index >= 15 is 0 Å². The maximum absolute atomic E-state index is 13.4. The zero-order chi connectivity index (χ0) is 27.5. The number of aliphatic hydroxyl groups is 1. The van der Waals surface area contributed by atoms with Crippen LogP contribution in [0.3, 0.4) is 0 Å². The standard InChI is InChI=1S/C25H32F3N3O5S/c1-16-12-31(17(2)15-32)24(33)21-11-20(29-37(4,34)35)9-10-22(21)36-23(16)14-30(3)13-18-5-7-19(8-6-18)25(26,27)28/h5-11,16-17,23,29,32H,12-15H2,1-4H3/t16-,17+,23-/m1/s1. The highest BCUT2D eigenvalue weighted by Crippen LogP contribution is 2.32. The molecule has 0 unspecified atom stereocenters. The molecule has 0 aromatic heterocycles. The molecule has 37 heavy (non-hydrogen) atoms. The second-order valence-electron chi connectivity index (χ2n) is 9.60. The number of benzene rings is 2. The predicted octanol–water partition coefficient (Wildman–Crippen LogP) is 3.43. The van der Waals surface area contributed by atoms with Crippen LogP contribution in [0.5, 0.6) is 5.75 Å². The van der Waals surface area contributed by atoms with E-state index in [9.17, 15) is 31.5 Å². The molecule has 2 aromatic rings. The molecule has 0 saturated heterocycles. The fourth-order valence-electron chi connectivity index (χ4n) is 4.20. The number of rotatable bonds is 8. The molecule has 3 atom stereocenters. The van der Waals surface area contributed by atoms with E-state index in [1.807, 2.05) is 18.9 Å². The van der Waals surface area contributed by atoms with Gasteiger partial charge in [0.25, 0.3) is 5.91 Å². The normalized spacial score (nSPS) is 19.6. The third kappa shape index (κ3) is 7.59. The molecule has 1 aliphatic rings. The number of alkyl halides is 3. The van der Waals surface area contributed by atoms with Crippen molar-refractivity contribution in [2.24, 2.45) is 5.92 Å². The second kappa shape index (κ2) is 11.3. The van der Waals surface area contributed by atoms with E-state index in [-0.39, 0.29) is 36.1 Å². The van der Waals surface area contributed by atoms with E-state index in [1.165, 1.54) is 30.3 Å². The lowest BCUT2D eigenvalue weighted by Crippen LogP contribution is -2.49. The summed E-state index contributed by atoms with van der Waals surface area (Å²) in [5.41, 5.74) is 0.368. The van der Waals surface area contributed by atoms with Crippen LogP contribution in [0.15, 0.2) is 42.5 Å². The van der Waals surface area contributed by atoms with E-state index in [2.05, 4.69) is 4.72 Å². The quantitative estimate of drug-likeness (QED) is 0.530. The van der Waals surface area contributed by atoms with E-state index in [1.54, 1.807) is 11.8 Å². The highest BCUT2D eigenvalue weighted by atomic mass is 32.2. The number of ether oxygens (including phenoxy) is 1. The minimum Gasteiger partial charge on any atom is -0.488 e. The summed E-state index contributed by atoms with van der Waals surface area (Å²) >= 11 is 0. The molecule has 3 rings (SSSR count). The number of nitrogens with zero attached hydrogens (tertiary/aromatic N) is 2. The smallest absolute Gasteiger partial charge is 0.416 e. The van der Waals surface area contributed by atoms with Crippen LogP contribution in [0.1, 0.15) is 35.3 Å². The number of anilines is 1. The Labute approximate surface area is 215 Å². The number of likely N-dealkylation sites (N-methyl/N-ethyl adjacent to an activating group) is 1. The SMILES string of the molecule is C[C@@H]1CN([C@@H](C)CO)C(=O)c2cc(NS(C)(=O)=O)ccc2O[C@@H]1CN(C)Cc1ccc(C(F)(F)F)cc1. The lowest BCUT2D eigenvalue weighted by molar-refractivity contribution is -0.137. The number of halogens is 3. The monoisotopic (exact) mass is 543 g/mol. The van der Waals surface area contributed by atoms with E-state index in [0.717, 1.165) is 18.4 Å². The molecule has 1 aliphatic heterocycles. The van der Waals surface area contributed by atoms with Crippen LogP contribution in [-0.2, 0) is 22.7 Å². The topological polar surface area (TPSA) is 99.2 Å². The fraction of sp³-hybridized carbons (Fsp3) is 0.480. The number of aliphatic hydroxyl groups excluding tert-OH is 1. The summed E-state index contributed by atoms with van der Waals surface area (Å²) in [6, 6.07) is 8.94. The molecule has 1 amide bonds. The minimum atomic E-state index is -4.40. The zero-order valence-corrected chi connectivity index (χ0v) is 21.9. The van der Waals surface area contributed by atoms with Crippen molar-refractivity contribution in [2.75, 3.05) is 37.7 Å². The van der Waals surface area contributed by atoms with Gasteiger partial charge >= 0.3 is 6.18 Å². The average Bonchev–Trinajstić information content (AvgIpc) is 2.80. The van der Waals surface area contributed by atoms with Crippen LogP contribution in [0.25, 0.3) is 0 Å². The summed E-state index contributed by atoms with van der Waals surface area (Å²) in [5, 5.41) is 9.76. The molecule has 204 valence electrons. The van der Waals surface area contributed by atoms with Crippen molar-refractivity contribution < 1.29 is 36.2 Å². The van der Waals surface area contributed by atoms with Crippen molar-refractivity contribution in [2.45, 2.75) is 38.7 Å². The average molecular weight is 544 g/mol. The molecule has 0 fully saturated rings. The Morgan fingerprint density at radius 3 is 2.43 bits per heavy atom. The molecule has 0 bridgehead atoms. The molecule has 2 N–H and O–H groups in total. The van der Waals surface area contributed by atoms with Gasteiger partial charge in [-0.05, 0) is 49.9 Å². The van der Waals surface area contributed by atoms with Gasteiger partial charge in [0, 0.05) is 31.2 Å². The van der Waals surface area contributed by atoms with Crippen LogP contribution in [0.4, 0.5) is 18.9 Å². The maximum Gasteiger partial charge on any atom is 0.416 e. The number of carbonyl (C=O) groups is 1. The molecule has 0 spiro atoms. The highest BCUT2D eigenvalue weighted by Gasteiger charge is 2.34. The number of hydrogen-bond donors (Lipinski definition) is 2. The zero-order valence-electron chi connectivity index (χ0n) is 21.1. The Hall–Kier alpha value is -2.83. The van der Waals surface area contributed by atoms with Gasteiger partial charge in [-0.2, -0.15) is 13.2 Å². The van der Waals surface area contributed by atoms with Crippen molar-refractivity contribution in [3.63, 3.8) is 0 Å². The van der Waals surface area contributed by atoms with Gasteiger partial charge in [0.05, 0.1) is 30.0 Å². The summed E-state index contributed by atoms with van der Waals surface area (Å²) in [5.74, 6) is -0.272. The number of sulfonamides is 1. The molecule has 12 heteroatoms. The number of amides is 1. The van der Waals surface area contributed by atoms with Crippen LogP contribution in [0.2, 0.25) is 0 Å². The first-order chi connectivity index (χ1) is 17.2. The molecule has 8 nitrogen and oxygen atoms in total. The van der Waals surface area contributed by atoms with Crippen molar-refractivity contribution in [3.8, 4) is 5.75 Å². The summed E-state index contributed by atoms with van der Waals surface area (Å²) < 4.78 is 70.6. The predicted molar refractivity (Wildman–Crippen MR) is 134 cm³/mol. The second-order valence-corrected chi connectivity index (χ2v) is 11.3. The van der Waals surface area contributed by atoms with Crippen LogP contribution < -0.4 is 9.46 Å². The Balaban J connectivity index is 1.86. The van der Waals surface area contributed by atoms with Gasteiger partial charge in [-0.3, -0.25) is 14.4 Å². The number of nitrogens with one attached hydrogen (secondary N) is 1. The van der Waals surface area contributed by atoms with Gasteiger partial charge in [-0.1, -0.05) is 19.1 Å². The number of fused-ring (bicyclic) bond motifs is 1. The first-order valence-electron chi connectivity index (χ1n) is 11.7. The lowest BCUT2D eigenvalue weighted by Gasteiger charge is -2.38. The highest BCUT2D eigenvalue weighted by molar-refractivity contribution is 7.92. The Morgan fingerprint density at radius 1 is 1.22 bits per heavy atom. The molecule has 0 saturated carbocycles. The van der Waals surface area contributed by atoms with E-state index in [4.69, 9.17) is 4.74 Å². The van der Waals surface area contributed by atoms with Gasteiger partial charge in [0.15, 0.2) is 0 Å². The third-order valence-corrected chi connectivity index (χ3v) is 6.80. The van der Waals surface area contributed by atoms with Crippen LogP contribution >= 0.6 is 0 Å². The maximum atomic E-state index is 13.4. The number of carbonyl (C=O) groups excluding carboxylic acids is 1. The largest absolute Gasteiger partial charge is 0.488 e. The van der Waals surface area contributed by atoms with Gasteiger partial charge in [0.1, 0.15) is 11.9 Å². The van der Waals surface area contributed by atoms with Gasteiger partial charge in [-0.15, -0.1) is 0 Å². The van der Waals surface area contributed by atoms with E-state index < -0.39 is 39.8 Å². The first kappa shape index (κ1) is 28.7. The van der Waals surface area contributed by atoms with Crippen molar-refractivity contribution in [3.05, 3.63) is 59.2 Å². The van der Waals surface area contributed by atoms with Crippen LogP contribution in [0, 0.1) is 5.92 Å². The molecule has 0 aliphatic carbocycles. The minimum absolute atomic E-state index is 0.157. The molecule has 2 aromatic carbocycles. The molecular weight excluding hydrogens is 511 g/mol. The summed E-state index contributed by atoms with van der Waals surface area (Å²) in [4.78, 5) is 16.9. The third-order valence-electron chi connectivity index (χ3n) is 6.19. The molecule has 0 radical (unpaired) electrons. The van der Waals surface area contributed by atoms with E-state index in [0.29, 0.717) is 18.7 Å². The summed E-state index contributed by atoms with van der Waals surface area (Å²) in [7, 11) is -1.75. The summed E-state index contributed by atoms with van der Waals surface area (Å²) in [6.45, 7) is 4.45. The molecular formula is C25H32F3N3O5S. The lowest BCUT2D eigenvalue weighted by atomic mass is 9.99. The van der Waals surface area contributed by atoms with Gasteiger partial charge in [0.2, 0.25) is 10.0 Å². The van der Waals surface area contributed by atoms with Crippen molar-refractivity contribution >= 4 is 21.6 Å².